The maximum atomic E-state index is 12.6. The summed E-state index contributed by atoms with van der Waals surface area (Å²) in [5.74, 6) is -0.0505. The van der Waals surface area contributed by atoms with Gasteiger partial charge in [-0.2, -0.15) is 0 Å². The first kappa shape index (κ1) is 23.8. The van der Waals surface area contributed by atoms with Gasteiger partial charge in [0.05, 0.1) is 12.5 Å². The van der Waals surface area contributed by atoms with Crippen LogP contribution < -0.4 is 21.1 Å². The number of guanidine groups is 1. The number of aliphatic imine (C=N–C) groups is 1. The Balaban J connectivity index is 1.84. The number of carbonyl (C=O) groups excluding carboxylic acids is 1. The Kier molecular flexibility index (Phi) is 9.22. The van der Waals surface area contributed by atoms with Gasteiger partial charge in [-0.3, -0.25) is 4.79 Å². The number of rotatable bonds is 9. The predicted molar refractivity (Wildman–Crippen MR) is 109 cm³/mol. The third-order valence-electron chi connectivity index (χ3n) is 4.80. The molecule has 1 aromatic carbocycles. The van der Waals surface area contributed by atoms with Crippen molar-refractivity contribution in [3.63, 3.8) is 0 Å². The molecule has 1 aromatic rings. The minimum absolute atomic E-state index is 0.0496. The van der Waals surface area contributed by atoms with Gasteiger partial charge < -0.3 is 26.0 Å². The SMILES string of the molecule is CCNC(=NCc1ccccc1OC(F)(F)F)NCCCN1CCCC(C(N)=O)C1. The zero-order valence-corrected chi connectivity index (χ0v) is 17.2. The Morgan fingerprint density at radius 1 is 1.33 bits per heavy atom. The molecule has 1 aliphatic heterocycles. The number of nitrogens with one attached hydrogen (secondary N) is 2. The van der Waals surface area contributed by atoms with Gasteiger partial charge in [0, 0.05) is 25.2 Å². The summed E-state index contributed by atoms with van der Waals surface area (Å²) in [6.45, 7) is 5.71. The van der Waals surface area contributed by atoms with Crippen LogP contribution in [0.15, 0.2) is 29.3 Å². The van der Waals surface area contributed by atoms with E-state index in [2.05, 4.69) is 25.3 Å². The highest BCUT2D eigenvalue weighted by molar-refractivity contribution is 5.79. The van der Waals surface area contributed by atoms with Crippen LogP contribution in [-0.4, -0.2) is 55.9 Å². The molecular formula is C20H30F3N5O2. The molecule has 1 fully saturated rings. The number of para-hydroxylation sites is 1. The molecule has 1 atom stereocenters. The van der Waals surface area contributed by atoms with Crippen LogP contribution in [0, 0.1) is 5.92 Å². The van der Waals surface area contributed by atoms with Gasteiger partial charge in [0.2, 0.25) is 5.91 Å². The van der Waals surface area contributed by atoms with Gasteiger partial charge in [-0.25, -0.2) is 4.99 Å². The van der Waals surface area contributed by atoms with Gasteiger partial charge in [-0.05, 0) is 45.3 Å². The second-order valence-electron chi connectivity index (χ2n) is 7.17. The third-order valence-corrected chi connectivity index (χ3v) is 4.80. The van der Waals surface area contributed by atoms with E-state index in [0.29, 0.717) is 31.2 Å². The summed E-state index contributed by atoms with van der Waals surface area (Å²) in [5.41, 5.74) is 5.76. The zero-order valence-electron chi connectivity index (χ0n) is 17.2. The largest absolute Gasteiger partial charge is 0.573 e. The van der Waals surface area contributed by atoms with Crippen LogP contribution in [0.5, 0.6) is 5.75 Å². The van der Waals surface area contributed by atoms with Gasteiger partial charge >= 0.3 is 6.36 Å². The first-order valence-corrected chi connectivity index (χ1v) is 10.2. The number of primary amides is 1. The van der Waals surface area contributed by atoms with Crippen LogP contribution in [0.1, 0.15) is 31.7 Å². The van der Waals surface area contributed by atoms with Crippen molar-refractivity contribution in [2.75, 3.05) is 32.7 Å². The first-order valence-electron chi connectivity index (χ1n) is 10.2. The molecule has 7 nitrogen and oxygen atoms in total. The molecule has 1 amide bonds. The molecule has 0 aromatic heterocycles. The number of nitrogens with two attached hydrogens (primary N) is 1. The van der Waals surface area contributed by atoms with Gasteiger partial charge in [0.15, 0.2) is 5.96 Å². The number of ether oxygens (including phenoxy) is 1. The number of alkyl halides is 3. The Morgan fingerprint density at radius 2 is 2.10 bits per heavy atom. The van der Waals surface area contributed by atoms with Gasteiger partial charge in [-0.1, -0.05) is 18.2 Å². The van der Waals surface area contributed by atoms with Crippen molar-refractivity contribution in [3.05, 3.63) is 29.8 Å². The summed E-state index contributed by atoms with van der Waals surface area (Å²) in [7, 11) is 0. The zero-order chi connectivity index (χ0) is 22.0. The van der Waals surface area contributed by atoms with E-state index in [1.54, 1.807) is 12.1 Å². The van der Waals surface area contributed by atoms with Gasteiger partial charge in [0.25, 0.3) is 0 Å². The van der Waals surface area contributed by atoms with Crippen molar-refractivity contribution in [2.45, 2.75) is 39.1 Å². The molecule has 0 bridgehead atoms. The number of nitrogens with zero attached hydrogens (tertiary/aromatic N) is 2. The maximum absolute atomic E-state index is 12.6. The molecule has 10 heteroatoms. The molecule has 0 aliphatic carbocycles. The van der Waals surface area contributed by atoms with Crippen LogP contribution in [0.25, 0.3) is 0 Å². The lowest BCUT2D eigenvalue weighted by molar-refractivity contribution is -0.274. The topological polar surface area (TPSA) is 92.0 Å². The van der Waals surface area contributed by atoms with Crippen LogP contribution in [0.3, 0.4) is 0 Å². The van der Waals surface area contributed by atoms with Gasteiger partial charge in [-0.15, -0.1) is 13.2 Å². The Labute approximate surface area is 174 Å². The maximum Gasteiger partial charge on any atom is 0.573 e. The van der Waals surface area contributed by atoms with E-state index in [1.165, 1.54) is 12.1 Å². The molecule has 1 saturated heterocycles. The number of hydrogen-bond donors (Lipinski definition) is 3. The quantitative estimate of drug-likeness (QED) is 0.318. The molecule has 168 valence electrons. The van der Waals surface area contributed by atoms with Crippen molar-refractivity contribution in [1.29, 1.82) is 0 Å². The lowest BCUT2D eigenvalue weighted by Gasteiger charge is -2.31. The van der Waals surface area contributed by atoms with Crippen LogP contribution in [0.2, 0.25) is 0 Å². The molecule has 1 heterocycles. The second kappa shape index (κ2) is 11.6. The fourth-order valence-corrected chi connectivity index (χ4v) is 3.36. The number of halogens is 3. The minimum atomic E-state index is -4.75. The smallest absolute Gasteiger partial charge is 0.405 e. The Hall–Kier alpha value is -2.49. The van der Waals surface area contributed by atoms with Crippen LogP contribution in [-0.2, 0) is 11.3 Å². The monoisotopic (exact) mass is 429 g/mol. The van der Waals surface area contributed by atoms with Crippen molar-refractivity contribution in [3.8, 4) is 5.75 Å². The fourth-order valence-electron chi connectivity index (χ4n) is 3.36. The fraction of sp³-hybridized carbons (Fsp3) is 0.600. The molecule has 30 heavy (non-hydrogen) atoms. The number of amides is 1. The summed E-state index contributed by atoms with van der Waals surface area (Å²) < 4.78 is 41.7. The van der Waals surface area contributed by atoms with Crippen LogP contribution >= 0.6 is 0 Å². The number of carbonyl (C=O) groups is 1. The minimum Gasteiger partial charge on any atom is -0.405 e. The van der Waals surface area contributed by atoms with Crippen LogP contribution in [0.4, 0.5) is 13.2 Å². The molecule has 1 aliphatic rings. The van der Waals surface area contributed by atoms with E-state index >= 15 is 0 Å². The van der Waals surface area contributed by atoms with E-state index in [9.17, 15) is 18.0 Å². The number of piperidine rings is 1. The average molecular weight is 429 g/mol. The second-order valence-corrected chi connectivity index (χ2v) is 7.17. The average Bonchev–Trinajstić information content (AvgIpc) is 2.69. The summed E-state index contributed by atoms with van der Waals surface area (Å²) >= 11 is 0. The lowest BCUT2D eigenvalue weighted by atomic mass is 9.97. The predicted octanol–water partition coefficient (Wildman–Crippen LogP) is 2.23. The van der Waals surface area contributed by atoms with E-state index in [0.717, 1.165) is 32.4 Å². The van der Waals surface area contributed by atoms with E-state index in [1.807, 2.05) is 6.92 Å². The molecule has 0 saturated carbocycles. The highest BCUT2D eigenvalue weighted by Gasteiger charge is 2.32. The van der Waals surface area contributed by atoms with Gasteiger partial charge in [0.1, 0.15) is 5.75 Å². The molecular weight excluding hydrogens is 399 g/mol. The summed E-state index contributed by atoms with van der Waals surface area (Å²) in [6.07, 6.45) is -2.10. The van der Waals surface area contributed by atoms with E-state index < -0.39 is 6.36 Å². The highest BCUT2D eigenvalue weighted by atomic mass is 19.4. The molecule has 1 unspecified atom stereocenters. The van der Waals surface area contributed by atoms with Crippen molar-refractivity contribution in [1.82, 2.24) is 15.5 Å². The molecule has 2 rings (SSSR count). The molecule has 0 spiro atoms. The lowest BCUT2D eigenvalue weighted by Crippen LogP contribution is -2.43. The molecule has 0 radical (unpaired) electrons. The Bertz CT molecular complexity index is 712. The summed E-state index contributed by atoms with van der Waals surface area (Å²) in [5, 5.41) is 6.27. The van der Waals surface area contributed by atoms with Crippen molar-refractivity contribution < 1.29 is 22.7 Å². The summed E-state index contributed by atoms with van der Waals surface area (Å²) in [6, 6.07) is 5.96. The number of benzene rings is 1. The third kappa shape index (κ3) is 8.48. The Morgan fingerprint density at radius 3 is 2.80 bits per heavy atom. The first-order chi connectivity index (χ1) is 14.3. The summed E-state index contributed by atoms with van der Waals surface area (Å²) in [4.78, 5) is 18.0. The van der Waals surface area contributed by atoms with Crippen molar-refractivity contribution >= 4 is 11.9 Å². The number of hydrogen-bond acceptors (Lipinski definition) is 4. The van der Waals surface area contributed by atoms with Crippen molar-refractivity contribution in [2.24, 2.45) is 16.6 Å². The van der Waals surface area contributed by atoms with E-state index in [4.69, 9.17) is 5.73 Å². The number of likely N-dealkylation sites (tertiary alicyclic amines) is 1. The highest BCUT2D eigenvalue weighted by Crippen LogP contribution is 2.26. The standard InChI is InChI=1S/C20H30F3N5O2/c1-2-25-19(26-10-6-12-28-11-5-8-16(14-28)18(24)29)27-13-15-7-3-4-9-17(15)30-20(21,22)23/h3-4,7,9,16H,2,5-6,8,10-14H2,1H3,(H2,24,29)(H2,25,26,27). The normalized spacial score (nSPS) is 18.1. The van der Waals surface area contributed by atoms with E-state index in [-0.39, 0.29) is 24.1 Å². The molecule has 4 N–H and O–H groups in total.